The Bertz CT molecular complexity index is 555. The molecule has 0 spiro atoms. The van der Waals surface area contributed by atoms with E-state index >= 15 is 0 Å². The van der Waals surface area contributed by atoms with E-state index in [1.54, 1.807) is 0 Å². The minimum Gasteiger partial charge on any atom is -0.310 e. The quantitative estimate of drug-likeness (QED) is 0.892. The van der Waals surface area contributed by atoms with Gasteiger partial charge in [-0.1, -0.05) is 0 Å². The fourth-order valence-corrected chi connectivity index (χ4v) is 2.06. The molecule has 0 aromatic carbocycles. The first-order valence-corrected chi connectivity index (χ1v) is 6.40. The Kier molecular flexibility index (Phi) is 2.88. The number of hydrogen-bond donors (Lipinski definition) is 1. The monoisotopic (exact) mass is 242 g/mol. The molecular weight excluding hydrogens is 224 g/mol. The van der Waals surface area contributed by atoms with Crippen LogP contribution in [0.15, 0.2) is 24.7 Å². The van der Waals surface area contributed by atoms with E-state index in [2.05, 4.69) is 28.4 Å². The van der Waals surface area contributed by atoms with Crippen LogP contribution >= 0.6 is 0 Å². The Morgan fingerprint density at radius 1 is 1.33 bits per heavy atom. The van der Waals surface area contributed by atoms with Gasteiger partial charge < -0.3 is 5.32 Å². The van der Waals surface area contributed by atoms with Gasteiger partial charge in [0, 0.05) is 48.8 Å². The van der Waals surface area contributed by atoms with E-state index in [0.717, 1.165) is 18.2 Å². The standard InChI is InChI=1S/C14H18N4/c1-10-14(9-17-18(10)2)12-5-11(6-15-8-12)7-16-13-3-4-13/h5-6,8-9,13,16H,3-4,7H2,1-2H3. The average molecular weight is 242 g/mol. The summed E-state index contributed by atoms with van der Waals surface area (Å²) in [5, 5.41) is 7.79. The Labute approximate surface area is 107 Å². The highest BCUT2D eigenvalue weighted by molar-refractivity contribution is 5.64. The zero-order valence-electron chi connectivity index (χ0n) is 10.8. The van der Waals surface area contributed by atoms with Crippen molar-refractivity contribution in [2.45, 2.75) is 32.4 Å². The molecule has 4 nitrogen and oxygen atoms in total. The zero-order chi connectivity index (χ0) is 12.5. The number of hydrogen-bond acceptors (Lipinski definition) is 3. The fraction of sp³-hybridized carbons (Fsp3) is 0.429. The zero-order valence-corrected chi connectivity index (χ0v) is 10.8. The van der Waals surface area contributed by atoms with Gasteiger partial charge in [-0.3, -0.25) is 9.67 Å². The van der Waals surface area contributed by atoms with Crippen LogP contribution in [-0.4, -0.2) is 20.8 Å². The van der Waals surface area contributed by atoms with Gasteiger partial charge in [-0.15, -0.1) is 0 Å². The molecule has 0 saturated heterocycles. The Hall–Kier alpha value is -1.68. The van der Waals surface area contributed by atoms with Crippen molar-refractivity contribution in [3.05, 3.63) is 35.9 Å². The Morgan fingerprint density at radius 2 is 2.17 bits per heavy atom. The average Bonchev–Trinajstić information content (AvgIpc) is 3.15. The topological polar surface area (TPSA) is 42.7 Å². The molecule has 2 heterocycles. The summed E-state index contributed by atoms with van der Waals surface area (Å²) in [6.07, 6.45) is 8.38. The molecule has 18 heavy (non-hydrogen) atoms. The summed E-state index contributed by atoms with van der Waals surface area (Å²) in [6, 6.07) is 2.93. The van der Waals surface area contributed by atoms with Crippen LogP contribution in [0.3, 0.4) is 0 Å². The van der Waals surface area contributed by atoms with Crippen LogP contribution < -0.4 is 5.32 Å². The normalized spacial score (nSPS) is 15.0. The first-order valence-electron chi connectivity index (χ1n) is 6.40. The molecule has 1 fully saturated rings. The molecular formula is C14H18N4. The number of nitrogens with zero attached hydrogens (tertiary/aromatic N) is 3. The molecule has 3 rings (SSSR count). The molecule has 94 valence electrons. The third-order valence-electron chi connectivity index (χ3n) is 3.51. The molecule has 0 amide bonds. The van der Waals surface area contributed by atoms with Crippen LogP contribution in [-0.2, 0) is 13.6 Å². The summed E-state index contributed by atoms with van der Waals surface area (Å²) < 4.78 is 1.89. The van der Waals surface area contributed by atoms with Gasteiger partial charge in [0.1, 0.15) is 0 Å². The van der Waals surface area contributed by atoms with Crippen molar-refractivity contribution in [3.63, 3.8) is 0 Å². The fourth-order valence-electron chi connectivity index (χ4n) is 2.06. The molecule has 1 aliphatic rings. The number of pyridine rings is 1. The van der Waals surface area contributed by atoms with Gasteiger partial charge in [0.25, 0.3) is 0 Å². The van der Waals surface area contributed by atoms with Crippen molar-refractivity contribution in [1.82, 2.24) is 20.1 Å². The highest BCUT2D eigenvalue weighted by atomic mass is 15.3. The van der Waals surface area contributed by atoms with Crippen LogP contribution in [0.1, 0.15) is 24.1 Å². The van der Waals surface area contributed by atoms with E-state index in [0.29, 0.717) is 0 Å². The summed E-state index contributed by atoms with van der Waals surface area (Å²) in [5.41, 5.74) is 4.72. The lowest BCUT2D eigenvalue weighted by molar-refractivity contribution is 0.686. The molecule has 0 bridgehead atoms. The van der Waals surface area contributed by atoms with E-state index in [1.807, 2.05) is 30.3 Å². The maximum Gasteiger partial charge on any atom is 0.0571 e. The maximum absolute atomic E-state index is 4.33. The van der Waals surface area contributed by atoms with Crippen molar-refractivity contribution in [2.24, 2.45) is 7.05 Å². The smallest absolute Gasteiger partial charge is 0.0571 e. The van der Waals surface area contributed by atoms with Gasteiger partial charge in [-0.05, 0) is 31.4 Å². The third kappa shape index (κ3) is 2.29. The van der Waals surface area contributed by atoms with Gasteiger partial charge in [-0.2, -0.15) is 5.10 Å². The first kappa shape index (κ1) is 11.4. The Morgan fingerprint density at radius 3 is 2.83 bits per heavy atom. The highest BCUT2D eigenvalue weighted by Crippen LogP contribution is 2.23. The summed E-state index contributed by atoms with van der Waals surface area (Å²) in [5.74, 6) is 0. The SMILES string of the molecule is Cc1c(-c2cncc(CNC3CC3)c2)cnn1C. The maximum atomic E-state index is 4.33. The third-order valence-corrected chi connectivity index (χ3v) is 3.51. The molecule has 1 saturated carbocycles. The van der Waals surface area contributed by atoms with Crippen molar-refractivity contribution in [1.29, 1.82) is 0 Å². The van der Waals surface area contributed by atoms with E-state index in [4.69, 9.17) is 0 Å². The van der Waals surface area contributed by atoms with Crippen LogP contribution in [0.2, 0.25) is 0 Å². The molecule has 1 aliphatic carbocycles. The predicted molar refractivity (Wildman–Crippen MR) is 71.0 cm³/mol. The van der Waals surface area contributed by atoms with Crippen LogP contribution in [0.4, 0.5) is 0 Å². The van der Waals surface area contributed by atoms with Crippen LogP contribution in [0.25, 0.3) is 11.1 Å². The molecule has 2 aromatic rings. The predicted octanol–water partition coefficient (Wildman–Crippen LogP) is 2.04. The van der Waals surface area contributed by atoms with Crippen molar-refractivity contribution in [3.8, 4) is 11.1 Å². The van der Waals surface area contributed by atoms with E-state index in [1.165, 1.54) is 29.7 Å². The summed E-state index contributed by atoms with van der Waals surface area (Å²) in [6.45, 7) is 2.99. The molecule has 0 radical (unpaired) electrons. The lowest BCUT2D eigenvalue weighted by Gasteiger charge is -2.05. The van der Waals surface area contributed by atoms with Gasteiger partial charge >= 0.3 is 0 Å². The number of aryl methyl sites for hydroxylation is 1. The number of nitrogens with one attached hydrogen (secondary N) is 1. The largest absolute Gasteiger partial charge is 0.310 e. The molecule has 0 aliphatic heterocycles. The number of rotatable bonds is 4. The minimum absolute atomic E-state index is 0.730. The lowest BCUT2D eigenvalue weighted by Crippen LogP contribution is -2.15. The molecule has 4 heteroatoms. The molecule has 2 aromatic heterocycles. The summed E-state index contributed by atoms with van der Waals surface area (Å²) in [4.78, 5) is 4.33. The van der Waals surface area contributed by atoms with Gasteiger partial charge in [0.15, 0.2) is 0 Å². The van der Waals surface area contributed by atoms with Crippen LogP contribution in [0.5, 0.6) is 0 Å². The molecule has 0 atom stereocenters. The Balaban J connectivity index is 1.83. The van der Waals surface area contributed by atoms with E-state index < -0.39 is 0 Å². The second kappa shape index (κ2) is 4.53. The van der Waals surface area contributed by atoms with Gasteiger partial charge in [0.05, 0.1) is 6.20 Å². The van der Waals surface area contributed by atoms with E-state index in [9.17, 15) is 0 Å². The van der Waals surface area contributed by atoms with Crippen molar-refractivity contribution >= 4 is 0 Å². The van der Waals surface area contributed by atoms with Crippen LogP contribution in [0, 0.1) is 6.92 Å². The van der Waals surface area contributed by atoms with Crippen molar-refractivity contribution in [2.75, 3.05) is 0 Å². The highest BCUT2D eigenvalue weighted by Gasteiger charge is 2.20. The first-order chi connectivity index (χ1) is 8.74. The van der Waals surface area contributed by atoms with Crippen molar-refractivity contribution < 1.29 is 0 Å². The van der Waals surface area contributed by atoms with Gasteiger partial charge in [-0.25, -0.2) is 0 Å². The molecule has 0 unspecified atom stereocenters. The number of aromatic nitrogens is 3. The summed E-state index contributed by atoms with van der Waals surface area (Å²) in [7, 11) is 1.96. The summed E-state index contributed by atoms with van der Waals surface area (Å²) >= 11 is 0. The second-order valence-corrected chi connectivity index (χ2v) is 5.00. The molecule has 1 N–H and O–H groups in total. The lowest BCUT2D eigenvalue weighted by atomic mass is 10.1. The minimum atomic E-state index is 0.730. The van der Waals surface area contributed by atoms with E-state index in [-0.39, 0.29) is 0 Å². The second-order valence-electron chi connectivity index (χ2n) is 5.00. The van der Waals surface area contributed by atoms with Gasteiger partial charge in [0.2, 0.25) is 0 Å².